The normalized spacial score (nSPS) is 9.87. The summed E-state index contributed by atoms with van der Waals surface area (Å²) in [5, 5.41) is 9.49. The molecule has 0 aliphatic heterocycles. The molecule has 0 aliphatic carbocycles. The standard InChI is InChI=1S/C10H6FN3S/c11-8-1-2-9(7(5-8)6-12)15-10-13-3-4-14-10/h1-5H,(H,13,14). The predicted octanol–water partition coefficient (Wildman–Crippen LogP) is 2.57. The second-order valence-corrected chi connectivity index (χ2v) is 3.78. The molecule has 0 amide bonds. The number of nitriles is 1. The van der Waals surface area contributed by atoms with Gasteiger partial charge in [0.1, 0.15) is 11.9 Å². The van der Waals surface area contributed by atoms with E-state index < -0.39 is 5.82 Å². The Bertz CT molecular complexity index is 502. The minimum atomic E-state index is -0.407. The fourth-order valence-corrected chi connectivity index (χ4v) is 1.89. The Morgan fingerprint density at radius 2 is 2.33 bits per heavy atom. The number of nitrogens with one attached hydrogen (secondary N) is 1. The van der Waals surface area contributed by atoms with E-state index in [1.165, 1.54) is 23.9 Å². The van der Waals surface area contributed by atoms with E-state index in [1.54, 1.807) is 18.5 Å². The molecule has 0 saturated heterocycles. The van der Waals surface area contributed by atoms with Gasteiger partial charge >= 0.3 is 0 Å². The Kier molecular flexibility index (Phi) is 2.70. The van der Waals surface area contributed by atoms with Crippen molar-refractivity contribution in [2.24, 2.45) is 0 Å². The Morgan fingerprint density at radius 3 is 3.00 bits per heavy atom. The molecule has 0 fully saturated rings. The summed E-state index contributed by atoms with van der Waals surface area (Å²) in [6, 6.07) is 6.06. The lowest BCUT2D eigenvalue weighted by atomic mass is 10.2. The molecule has 1 aromatic carbocycles. The van der Waals surface area contributed by atoms with Crippen LogP contribution in [-0.2, 0) is 0 Å². The van der Waals surface area contributed by atoms with Gasteiger partial charge in [-0.2, -0.15) is 5.26 Å². The van der Waals surface area contributed by atoms with E-state index in [4.69, 9.17) is 5.26 Å². The quantitative estimate of drug-likeness (QED) is 0.844. The van der Waals surface area contributed by atoms with Crippen LogP contribution in [0.1, 0.15) is 5.56 Å². The molecule has 1 heterocycles. The van der Waals surface area contributed by atoms with Gasteiger partial charge < -0.3 is 4.98 Å². The molecule has 0 saturated carbocycles. The Hall–Kier alpha value is -1.80. The van der Waals surface area contributed by atoms with Crippen molar-refractivity contribution in [3.05, 3.63) is 42.0 Å². The molecule has 15 heavy (non-hydrogen) atoms. The zero-order valence-electron chi connectivity index (χ0n) is 7.57. The van der Waals surface area contributed by atoms with Crippen LogP contribution >= 0.6 is 11.8 Å². The van der Waals surface area contributed by atoms with Crippen LogP contribution in [0.25, 0.3) is 0 Å². The number of H-pyrrole nitrogens is 1. The molecule has 1 aromatic heterocycles. The number of rotatable bonds is 2. The van der Waals surface area contributed by atoms with Gasteiger partial charge in [0.25, 0.3) is 0 Å². The van der Waals surface area contributed by atoms with Crippen molar-refractivity contribution < 1.29 is 4.39 Å². The lowest BCUT2D eigenvalue weighted by Crippen LogP contribution is -1.84. The third-order valence-electron chi connectivity index (χ3n) is 1.74. The van der Waals surface area contributed by atoms with Crippen LogP contribution in [0.3, 0.4) is 0 Å². The van der Waals surface area contributed by atoms with Gasteiger partial charge in [-0.15, -0.1) is 0 Å². The van der Waals surface area contributed by atoms with Gasteiger partial charge in [-0.25, -0.2) is 9.37 Å². The Morgan fingerprint density at radius 1 is 1.47 bits per heavy atom. The molecule has 74 valence electrons. The number of benzene rings is 1. The van der Waals surface area contributed by atoms with Crippen LogP contribution in [0, 0.1) is 17.1 Å². The van der Waals surface area contributed by atoms with Crippen LogP contribution in [-0.4, -0.2) is 9.97 Å². The minimum Gasteiger partial charge on any atom is -0.339 e. The summed E-state index contributed by atoms with van der Waals surface area (Å²) >= 11 is 1.30. The monoisotopic (exact) mass is 219 g/mol. The highest BCUT2D eigenvalue weighted by Gasteiger charge is 2.06. The molecule has 0 radical (unpaired) electrons. The highest BCUT2D eigenvalue weighted by atomic mass is 32.2. The fraction of sp³-hybridized carbons (Fsp3) is 0. The van der Waals surface area contributed by atoms with Crippen molar-refractivity contribution in [2.45, 2.75) is 10.1 Å². The van der Waals surface area contributed by atoms with Crippen molar-refractivity contribution in [2.75, 3.05) is 0 Å². The third kappa shape index (κ3) is 2.17. The summed E-state index contributed by atoms with van der Waals surface area (Å²) < 4.78 is 12.8. The smallest absolute Gasteiger partial charge is 0.170 e. The number of hydrogen-bond acceptors (Lipinski definition) is 3. The van der Waals surface area contributed by atoms with Crippen molar-refractivity contribution in [1.82, 2.24) is 9.97 Å². The van der Waals surface area contributed by atoms with Gasteiger partial charge in [-0.3, -0.25) is 0 Å². The Balaban J connectivity index is 2.33. The molecule has 3 nitrogen and oxygen atoms in total. The van der Waals surface area contributed by atoms with Crippen LogP contribution in [0.4, 0.5) is 4.39 Å². The van der Waals surface area contributed by atoms with Crippen LogP contribution in [0.5, 0.6) is 0 Å². The molecule has 0 bridgehead atoms. The van der Waals surface area contributed by atoms with Gasteiger partial charge in [0.05, 0.1) is 5.56 Å². The number of imidazole rings is 1. The van der Waals surface area contributed by atoms with Gasteiger partial charge in [0.15, 0.2) is 5.16 Å². The maximum absolute atomic E-state index is 12.8. The van der Waals surface area contributed by atoms with E-state index in [-0.39, 0.29) is 0 Å². The first-order valence-corrected chi connectivity index (χ1v) is 4.98. The zero-order chi connectivity index (χ0) is 10.7. The van der Waals surface area contributed by atoms with Crippen molar-refractivity contribution >= 4 is 11.8 Å². The zero-order valence-corrected chi connectivity index (χ0v) is 8.38. The molecule has 0 unspecified atom stereocenters. The summed E-state index contributed by atoms with van der Waals surface area (Å²) in [7, 11) is 0. The average Bonchev–Trinajstić information content (AvgIpc) is 2.73. The van der Waals surface area contributed by atoms with Crippen LogP contribution < -0.4 is 0 Å². The maximum Gasteiger partial charge on any atom is 0.170 e. The van der Waals surface area contributed by atoms with Crippen LogP contribution in [0.2, 0.25) is 0 Å². The second kappa shape index (κ2) is 4.15. The van der Waals surface area contributed by atoms with E-state index in [0.29, 0.717) is 15.6 Å². The molecule has 0 atom stereocenters. The van der Waals surface area contributed by atoms with E-state index in [9.17, 15) is 4.39 Å². The summed E-state index contributed by atoms with van der Waals surface area (Å²) in [5.74, 6) is -0.407. The van der Waals surface area contributed by atoms with Crippen molar-refractivity contribution in [3.8, 4) is 6.07 Å². The SMILES string of the molecule is N#Cc1cc(F)ccc1Sc1ncc[nH]1. The highest BCUT2D eigenvalue weighted by molar-refractivity contribution is 7.99. The van der Waals surface area contributed by atoms with Gasteiger partial charge in [0.2, 0.25) is 0 Å². The number of aromatic nitrogens is 2. The summed E-state index contributed by atoms with van der Waals surface area (Å²) in [6.45, 7) is 0. The van der Waals surface area contributed by atoms with Crippen molar-refractivity contribution in [3.63, 3.8) is 0 Å². The van der Waals surface area contributed by atoms with Gasteiger partial charge in [0, 0.05) is 17.3 Å². The first kappa shape index (κ1) is 9.74. The van der Waals surface area contributed by atoms with E-state index in [0.717, 1.165) is 0 Å². The molecule has 2 rings (SSSR count). The summed E-state index contributed by atoms with van der Waals surface area (Å²) in [6.07, 6.45) is 3.32. The number of halogens is 1. The summed E-state index contributed by atoms with van der Waals surface area (Å²) in [5.41, 5.74) is 0.316. The Labute approximate surface area is 90.0 Å². The molecule has 0 aliphatic rings. The molecular weight excluding hydrogens is 213 g/mol. The fourth-order valence-electron chi connectivity index (χ4n) is 1.09. The first-order chi connectivity index (χ1) is 7.29. The minimum absolute atomic E-state index is 0.316. The summed E-state index contributed by atoms with van der Waals surface area (Å²) in [4.78, 5) is 7.60. The number of hydrogen-bond donors (Lipinski definition) is 1. The van der Waals surface area contributed by atoms with Gasteiger partial charge in [-0.05, 0) is 18.2 Å². The second-order valence-electron chi connectivity index (χ2n) is 2.75. The van der Waals surface area contributed by atoms with Crippen molar-refractivity contribution in [1.29, 1.82) is 5.26 Å². The van der Waals surface area contributed by atoms with Gasteiger partial charge in [-0.1, -0.05) is 11.8 Å². The van der Waals surface area contributed by atoms with E-state index in [1.807, 2.05) is 6.07 Å². The molecular formula is C10H6FN3S. The lowest BCUT2D eigenvalue weighted by Gasteiger charge is -2.00. The van der Waals surface area contributed by atoms with E-state index >= 15 is 0 Å². The maximum atomic E-state index is 12.8. The van der Waals surface area contributed by atoms with E-state index in [2.05, 4.69) is 9.97 Å². The molecule has 5 heteroatoms. The lowest BCUT2D eigenvalue weighted by molar-refractivity contribution is 0.626. The highest BCUT2D eigenvalue weighted by Crippen LogP contribution is 2.27. The average molecular weight is 219 g/mol. The number of nitrogens with zero attached hydrogens (tertiary/aromatic N) is 2. The first-order valence-electron chi connectivity index (χ1n) is 4.16. The molecule has 2 aromatic rings. The van der Waals surface area contributed by atoms with Crippen LogP contribution in [0.15, 0.2) is 40.6 Å². The third-order valence-corrected chi connectivity index (χ3v) is 2.73. The molecule has 0 spiro atoms. The molecule has 1 N–H and O–H groups in total. The topological polar surface area (TPSA) is 52.5 Å². The number of aromatic amines is 1. The predicted molar refractivity (Wildman–Crippen MR) is 53.8 cm³/mol. The largest absolute Gasteiger partial charge is 0.339 e.